The number of ether oxygens (including phenoxy) is 1. The van der Waals surface area contributed by atoms with E-state index in [1.165, 1.54) is 5.57 Å². The molecular formula is C16H17NO3. The lowest BCUT2D eigenvalue weighted by atomic mass is 10.1. The molecule has 1 aromatic carbocycles. The molecule has 0 spiro atoms. The van der Waals surface area contributed by atoms with Gasteiger partial charge in [-0.2, -0.15) is 0 Å². The van der Waals surface area contributed by atoms with Gasteiger partial charge < -0.3 is 10.1 Å². The summed E-state index contributed by atoms with van der Waals surface area (Å²) in [5.41, 5.74) is 1.80. The summed E-state index contributed by atoms with van der Waals surface area (Å²) in [6.07, 6.45) is 8.94. The summed E-state index contributed by atoms with van der Waals surface area (Å²) in [6.45, 7) is 0.542. The van der Waals surface area contributed by atoms with Crippen molar-refractivity contribution < 1.29 is 14.3 Å². The lowest BCUT2D eigenvalue weighted by Crippen LogP contribution is -2.30. The zero-order chi connectivity index (χ0) is 14.2. The standard InChI is InChI=1S/C16H17NO3/c18-11-14-6-8-15(9-7-14)20-12-16(19)17-10-13-4-2-1-3-5-13/h1-2,5-9,11H,3-4,10,12H2,(H,17,19). The number of hydrogen-bond donors (Lipinski definition) is 1. The number of aldehydes is 1. The second-order valence-corrected chi connectivity index (χ2v) is 4.53. The molecule has 104 valence electrons. The number of benzene rings is 1. The summed E-state index contributed by atoms with van der Waals surface area (Å²) in [4.78, 5) is 22.1. The highest BCUT2D eigenvalue weighted by Gasteiger charge is 2.05. The van der Waals surface area contributed by atoms with E-state index in [1.807, 2.05) is 0 Å². The first kappa shape index (κ1) is 14.1. The van der Waals surface area contributed by atoms with E-state index in [0.29, 0.717) is 17.9 Å². The van der Waals surface area contributed by atoms with Gasteiger partial charge in [-0.25, -0.2) is 0 Å². The van der Waals surface area contributed by atoms with Crippen molar-refractivity contribution >= 4 is 12.2 Å². The molecule has 1 aromatic rings. The third-order valence-electron chi connectivity index (χ3n) is 2.99. The quantitative estimate of drug-likeness (QED) is 0.638. The molecule has 0 aliphatic heterocycles. The SMILES string of the molecule is O=Cc1ccc(OCC(=O)NCC2=CCC=CC2)cc1. The third-order valence-corrected chi connectivity index (χ3v) is 2.99. The first-order valence-electron chi connectivity index (χ1n) is 6.55. The summed E-state index contributed by atoms with van der Waals surface area (Å²) >= 11 is 0. The number of nitrogens with one attached hydrogen (secondary N) is 1. The Labute approximate surface area is 118 Å². The highest BCUT2D eigenvalue weighted by molar-refractivity contribution is 5.78. The Bertz CT molecular complexity index is 529. The van der Waals surface area contributed by atoms with Crippen LogP contribution in [0.2, 0.25) is 0 Å². The maximum Gasteiger partial charge on any atom is 0.258 e. The highest BCUT2D eigenvalue weighted by Crippen LogP contribution is 2.11. The number of amides is 1. The Kier molecular flexibility index (Phi) is 5.12. The molecule has 0 atom stereocenters. The van der Waals surface area contributed by atoms with Crippen LogP contribution in [0.15, 0.2) is 48.1 Å². The van der Waals surface area contributed by atoms with Gasteiger partial charge in [0.25, 0.3) is 5.91 Å². The Morgan fingerprint density at radius 1 is 1.25 bits per heavy atom. The van der Waals surface area contributed by atoms with Gasteiger partial charge in [-0.3, -0.25) is 9.59 Å². The Hall–Kier alpha value is -2.36. The molecule has 0 saturated carbocycles. The maximum atomic E-state index is 11.6. The van der Waals surface area contributed by atoms with Gasteiger partial charge in [-0.15, -0.1) is 0 Å². The molecule has 4 nitrogen and oxygen atoms in total. The molecule has 20 heavy (non-hydrogen) atoms. The van der Waals surface area contributed by atoms with Crippen molar-refractivity contribution in [2.75, 3.05) is 13.2 Å². The van der Waals surface area contributed by atoms with E-state index in [4.69, 9.17) is 4.74 Å². The van der Waals surface area contributed by atoms with Crippen molar-refractivity contribution in [3.8, 4) is 5.75 Å². The Balaban J connectivity index is 1.71. The first-order chi connectivity index (χ1) is 9.78. The number of carbonyl (C=O) groups excluding carboxylic acids is 2. The van der Waals surface area contributed by atoms with Crippen molar-refractivity contribution in [2.24, 2.45) is 0 Å². The molecule has 1 N–H and O–H groups in total. The van der Waals surface area contributed by atoms with Gasteiger partial charge in [0.1, 0.15) is 12.0 Å². The monoisotopic (exact) mass is 271 g/mol. The van der Waals surface area contributed by atoms with E-state index < -0.39 is 0 Å². The summed E-state index contributed by atoms with van der Waals surface area (Å²) in [7, 11) is 0. The van der Waals surface area contributed by atoms with Crippen LogP contribution >= 0.6 is 0 Å². The second-order valence-electron chi connectivity index (χ2n) is 4.53. The lowest BCUT2D eigenvalue weighted by Gasteiger charge is -2.10. The van der Waals surface area contributed by atoms with E-state index in [1.54, 1.807) is 24.3 Å². The topological polar surface area (TPSA) is 55.4 Å². The average Bonchev–Trinajstić information content (AvgIpc) is 2.52. The molecule has 0 fully saturated rings. The number of rotatable bonds is 6. The molecule has 0 unspecified atom stereocenters. The van der Waals surface area contributed by atoms with Crippen LogP contribution < -0.4 is 10.1 Å². The summed E-state index contributed by atoms with van der Waals surface area (Å²) in [6, 6.07) is 6.65. The van der Waals surface area contributed by atoms with Gasteiger partial charge in [-0.1, -0.05) is 23.8 Å². The molecule has 1 aliphatic carbocycles. The van der Waals surface area contributed by atoms with Gasteiger partial charge >= 0.3 is 0 Å². The normalized spacial score (nSPS) is 13.5. The molecule has 0 saturated heterocycles. The predicted octanol–water partition coefficient (Wildman–Crippen LogP) is 2.27. The summed E-state index contributed by atoms with van der Waals surface area (Å²) < 4.78 is 5.35. The van der Waals surface area contributed by atoms with Gasteiger partial charge in [0.05, 0.1) is 0 Å². The van der Waals surface area contributed by atoms with Crippen LogP contribution in [-0.4, -0.2) is 25.3 Å². The highest BCUT2D eigenvalue weighted by atomic mass is 16.5. The summed E-state index contributed by atoms with van der Waals surface area (Å²) in [5, 5.41) is 2.82. The number of allylic oxidation sites excluding steroid dienone is 3. The largest absolute Gasteiger partial charge is 0.484 e. The fourth-order valence-corrected chi connectivity index (χ4v) is 1.85. The fraction of sp³-hybridized carbons (Fsp3) is 0.250. The van der Waals surface area contributed by atoms with E-state index in [2.05, 4.69) is 23.5 Å². The minimum absolute atomic E-state index is 0.0243. The molecular weight excluding hydrogens is 254 g/mol. The van der Waals surface area contributed by atoms with Crippen LogP contribution in [0.3, 0.4) is 0 Å². The van der Waals surface area contributed by atoms with Crippen LogP contribution in [0.5, 0.6) is 5.75 Å². The molecule has 1 aliphatic rings. The zero-order valence-corrected chi connectivity index (χ0v) is 11.2. The zero-order valence-electron chi connectivity index (χ0n) is 11.2. The van der Waals surface area contributed by atoms with E-state index in [9.17, 15) is 9.59 Å². The minimum atomic E-state index is -0.153. The molecule has 4 heteroatoms. The van der Waals surface area contributed by atoms with E-state index >= 15 is 0 Å². The molecule has 0 radical (unpaired) electrons. The number of hydrogen-bond acceptors (Lipinski definition) is 3. The maximum absolute atomic E-state index is 11.6. The second kappa shape index (κ2) is 7.28. The van der Waals surface area contributed by atoms with Crippen LogP contribution in [0.1, 0.15) is 23.2 Å². The van der Waals surface area contributed by atoms with Crippen molar-refractivity contribution in [1.82, 2.24) is 5.32 Å². The third kappa shape index (κ3) is 4.39. The van der Waals surface area contributed by atoms with Gasteiger partial charge in [0, 0.05) is 12.1 Å². The lowest BCUT2D eigenvalue weighted by molar-refractivity contribution is -0.122. The minimum Gasteiger partial charge on any atom is -0.484 e. The van der Waals surface area contributed by atoms with Gasteiger partial charge in [0.2, 0.25) is 0 Å². The van der Waals surface area contributed by atoms with Crippen molar-refractivity contribution in [3.05, 3.63) is 53.6 Å². The molecule has 0 heterocycles. The molecule has 0 aromatic heterocycles. The Morgan fingerprint density at radius 3 is 2.70 bits per heavy atom. The fourth-order valence-electron chi connectivity index (χ4n) is 1.85. The van der Waals surface area contributed by atoms with Crippen LogP contribution in [0.4, 0.5) is 0 Å². The number of carbonyl (C=O) groups is 2. The molecule has 2 rings (SSSR count). The van der Waals surface area contributed by atoms with Crippen molar-refractivity contribution in [3.63, 3.8) is 0 Å². The van der Waals surface area contributed by atoms with Crippen molar-refractivity contribution in [2.45, 2.75) is 12.8 Å². The van der Waals surface area contributed by atoms with Crippen molar-refractivity contribution in [1.29, 1.82) is 0 Å². The Morgan fingerprint density at radius 2 is 2.05 bits per heavy atom. The summed E-state index contributed by atoms with van der Waals surface area (Å²) in [5.74, 6) is 0.422. The average molecular weight is 271 g/mol. The van der Waals surface area contributed by atoms with Gasteiger partial charge in [-0.05, 0) is 37.1 Å². The van der Waals surface area contributed by atoms with E-state index in [0.717, 1.165) is 19.1 Å². The van der Waals surface area contributed by atoms with Crippen LogP contribution in [-0.2, 0) is 4.79 Å². The first-order valence-corrected chi connectivity index (χ1v) is 6.55. The predicted molar refractivity (Wildman–Crippen MR) is 76.8 cm³/mol. The van der Waals surface area contributed by atoms with Gasteiger partial charge in [0.15, 0.2) is 6.61 Å². The molecule has 0 bridgehead atoms. The molecule has 1 amide bonds. The van der Waals surface area contributed by atoms with Crippen LogP contribution in [0.25, 0.3) is 0 Å². The smallest absolute Gasteiger partial charge is 0.258 e. The van der Waals surface area contributed by atoms with Crippen LogP contribution in [0, 0.1) is 0 Å². The van der Waals surface area contributed by atoms with E-state index in [-0.39, 0.29) is 12.5 Å².